The number of amides is 1. The summed E-state index contributed by atoms with van der Waals surface area (Å²) in [6.07, 6.45) is 2.35. The molecule has 0 unspecified atom stereocenters. The van der Waals surface area contributed by atoms with Crippen LogP contribution in [0.4, 0.5) is 10.5 Å². The lowest BCUT2D eigenvalue weighted by Gasteiger charge is -2.34. The molecule has 3 aliphatic rings. The monoisotopic (exact) mass is 361 g/mol. The van der Waals surface area contributed by atoms with Crippen LogP contribution in [0.1, 0.15) is 32.6 Å². The third-order valence-electron chi connectivity index (χ3n) is 5.32. The second kappa shape index (κ2) is 6.70. The summed E-state index contributed by atoms with van der Waals surface area (Å²) in [5.74, 6) is 1.10. The molecule has 0 bridgehead atoms. The lowest BCUT2D eigenvalue weighted by atomic mass is 9.78. The maximum Gasteiger partial charge on any atom is 0.415 e. The first-order valence-corrected chi connectivity index (χ1v) is 9.17. The molecule has 2 aliphatic heterocycles. The van der Waals surface area contributed by atoms with E-state index in [1.807, 2.05) is 25.1 Å². The van der Waals surface area contributed by atoms with Crippen LogP contribution in [0.25, 0.3) is 0 Å². The zero-order valence-electron chi connectivity index (χ0n) is 14.9. The maximum absolute atomic E-state index is 12.5. The average molecular weight is 361 g/mol. The second-order valence-electron chi connectivity index (χ2n) is 6.99. The van der Waals surface area contributed by atoms with Gasteiger partial charge in [0.05, 0.1) is 24.8 Å². The zero-order chi connectivity index (χ0) is 18.1. The summed E-state index contributed by atoms with van der Waals surface area (Å²) in [7, 11) is 0. The maximum atomic E-state index is 12.5. The molecular weight excluding hydrogens is 338 g/mol. The van der Waals surface area contributed by atoms with Gasteiger partial charge in [0, 0.05) is 6.07 Å². The van der Waals surface area contributed by atoms with E-state index < -0.39 is 5.60 Å². The second-order valence-corrected chi connectivity index (χ2v) is 6.99. The Morgan fingerprint density at radius 2 is 1.96 bits per heavy atom. The van der Waals surface area contributed by atoms with Crippen molar-refractivity contribution in [2.24, 2.45) is 5.92 Å². The predicted molar refractivity (Wildman–Crippen MR) is 92.6 cm³/mol. The van der Waals surface area contributed by atoms with Gasteiger partial charge in [-0.3, -0.25) is 9.69 Å². The molecule has 140 valence electrons. The Morgan fingerprint density at radius 3 is 2.69 bits per heavy atom. The third-order valence-corrected chi connectivity index (χ3v) is 5.32. The molecule has 1 spiro atoms. The molecule has 0 radical (unpaired) electrons. The molecule has 7 heteroatoms. The number of hydrogen-bond acceptors (Lipinski definition) is 6. The molecule has 1 aromatic rings. The van der Waals surface area contributed by atoms with Gasteiger partial charge < -0.3 is 18.9 Å². The first kappa shape index (κ1) is 17.0. The Hall–Kier alpha value is -2.44. The zero-order valence-corrected chi connectivity index (χ0v) is 14.9. The predicted octanol–water partition coefficient (Wildman–Crippen LogP) is 2.91. The lowest BCUT2D eigenvalue weighted by molar-refractivity contribution is -0.150. The molecule has 0 N–H and O–H groups in total. The van der Waals surface area contributed by atoms with Crippen LogP contribution in [0.15, 0.2) is 18.2 Å². The number of rotatable bonds is 3. The summed E-state index contributed by atoms with van der Waals surface area (Å²) >= 11 is 0. The molecule has 1 aromatic carbocycles. The Labute approximate surface area is 152 Å². The number of hydrogen-bond donors (Lipinski definition) is 0. The minimum atomic E-state index is -0.520. The lowest BCUT2D eigenvalue weighted by Crippen LogP contribution is -2.40. The summed E-state index contributed by atoms with van der Waals surface area (Å²) < 4.78 is 22.0. The molecule has 0 atom stereocenters. The van der Waals surface area contributed by atoms with Crippen molar-refractivity contribution in [3.8, 4) is 11.5 Å². The van der Waals surface area contributed by atoms with E-state index in [9.17, 15) is 9.59 Å². The van der Waals surface area contributed by atoms with Crippen molar-refractivity contribution in [1.29, 1.82) is 0 Å². The number of anilines is 1. The van der Waals surface area contributed by atoms with Crippen molar-refractivity contribution in [3.63, 3.8) is 0 Å². The summed E-state index contributed by atoms with van der Waals surface area (Å²) in [4.78, 5) is 26.0. The van der Waals surface area contributed by atoms with Crippen molar-refractivity contribution in [2.45, 2.75) is 38.2 Å². The Balaban J connectivity index is 1.45. The van der Waals surface area contributed by atoms with Gasteiger partial charge in [0.25, 0.3) is 0 Å². The van der Waals surface area contributed by atoms with E-state index in [0.717, 1.165) is 5.69 Å². The first-order chi connectivity index (χ1) is 12.6. The van der Waals surface area contributed by atoms with E-state index in [-0.39, 0.29) is 18.0 Å². The van der Waals surface area contributed by atoms with E-state index in [1.54, 1.807) is 4.90 Å². The number of benzene rings is 1. The summed E-state index contributed by atoms with van der Waals surface area (Å²) in [6, 6.07) is 5.48. The van der Waals surface area contributed by atoms with Gasteiger partial charge in [-0.15, -0.1) is 0 Å². The van der Waals surface area contributed by atoms with Crippen LogP contribution in [-0.2, 0) is 14.3 Å². The van der Waals surface area contributed by atoms with Crippen LogP contribution in [-0.4, -0.2) is 44.0 Å². The standard InChI is InChI=1S/C19H23NO6/c1-2-23-17(21)13-5-7-19(8-6-13)12-20(18(22)26-19)14-3-4-15-16(11-14)25-10-9-24-15/h3-4,11,13H,2,5-10,12H2,1H3/t13-,19-. The van der Waals surface area contributed by atoms with Crippen molar-refractivity contribution in [3.05, 3.63) is 18.2 Å². The Kier molecular flexibility index (Phi) is 4.38. The highest BCUT2D eigenvalue weighted by molar-refractivity contribution is 5.91. The average Bonchev–Trinajstić information content (AvgIpc) is 2.98. The van der Waals surface area contributed by atoms with Crippen LogP contribution in [0.2, 0.25) is 0 Å². The van der Waals surface area contributed by atoms with E-state index in [0.29, 0.717) is 63.5 Å². The van der Waals surface area contributed by atoms with E-state index in [1.165, 1.54) is 0 Å². The van der Waals surface area contributed by atoms with Crippen LogP contribution in [0, 0.1) is 5.92 Å². The van der Waals surface area contributed by atoms with Crippen LogP contribution in [0.3, 0.4) is 0 Å². The molecule has 0 aromatic heterocycles. The van der Waals surface area contributed by atoms with Crippen LogP contribution in [0.5, 0.6) is 11.5 Å². The quantitative estimate of drug-likeness (QED) is 0.771. The normalized spacial score (nSPS) is 27.3. The van der Waals surface area contributed by atoms with Crippen molar-refractivity contribution in [1.82, 2.24) is 0 Å². The number of esters is 1. The number of fused-ring (bicyclic) bond motifs is 1. The smallest absolute Gasteiger partial charge is 0.415 e. The highest BCUT2D eigenvalue weighted by atomic mass is 16.6. The molecule has 7 nitrogen and oxygen atoms in total. The molecule has 2 heterocycles. The van der Waals surface area contributed by atoms with Crippen molar-refractivity contribution < 1.29 is 28.5 Å². The minimum absolute atomic E-state index is 0.0948. The Bertz CT molecular complexity index is 710. The minimum Gasteiger partial charge on any atom is -0.486 e. The highest BCUT2D eigenvalue weighted by Crippen LogP contribution is 2.42. The molecular formula is C19H23NO6. The fraction of sp³-hybridized carbons (Fsp3) is 0.579. The van der Waals surface area contributed by atoms with Crippen LogP contribution < -0.4 is 14.4 Å². The van der Waals surface area contributed by atoms with Gasteiger partial charge in [0.15, 0.2) is 11.5 Å². The molecule has 1 aliphatic carbocycles. The molecule has 2 fully saturated rings. The molecule has 1 amide bonds. The first-order valence-electron chi connectivity index (χ1n) is 9.17. The number of carbonyl (C=O) groups excluding carboxylic acids is 2. The molecule has 1 saturated carbocycles. The molecule has 1 saturated heterocycles. The molecule has 4 rings (SSSR count). The van der Waals surface area contributed by atoms with Gasteiger partial charge in [-0.2, -0.15) is 0 Å². The van der Waals surface area contributed by atoms with E-state index in [2.05, 4.69) is 0 Å². The van der Waals surface area contributed by atoms with Crippen molar-refractivity contribution >= 4 is 17.7 Å². The van der Waals surface area contributed by atoms with Gasteiger partial charge in [0.1, 0.15) is 18.8 Å². The summed E-state index contributed by atoms with van der Waals surface area (Å²) in [5, 5.41) is 0. The fourth-order valence-corrected chi connectivity index (χ4v) is 3.92. The third kappa shape index (κ3) is 3.06. The van der Waals surface area contributed by atoms with Gasteiger partial charge in [-0.05, 0) is 44.7 Å². The summed E-state index contributed by atoms with van der Waals surface area (Å²) in [6.45, 7) is 3.73. The Morgan fingerprint density at radius 1 is 1.23 bits per heavy atom. The van der Waals surface area contributed by atoms with E-state index >= 15 is 0 Å². The van der Waals surface area contributed by atoms with Gasteiger partial charge in [-0.1, -0.05) is 0 Å². The largest absolute Gasteiger partial charge is 0.486 e. The SMILES string of the molecule is CCOC(=O)[C@H]1CC[C@]2(CC1)CN(c1ccc3c(c1)OCCO3)C(=O)O2. The van der Waals surface area contributed by atoms with Crippen molar-refractivity contribution in [2.75, 3.05) is 31.3 Å². The van der Waals surface area contributed by atoms with Crippen LogP contribution >= 0.6 is 0 Å². The highest BCUT2D eigenvalue weighted by Gasteiger charge is 2.48. The summed E-state index contributed by atoms with van der Waals surface area (Å²) in [5.41, 5.74) is 0.219. The number of carbonyl (C=O) groups is 2. The number of ether oxygens (including phenoxy) is 4. The van der Waals surface area contributed by atoms with Gasteiger partial charge in [-0.25, -0.2) is 4.79 Å². The fourth-order valence-electron chi connectivity index (χ4n) is 3.92. The van der Waals surface area contributed by atoms with E-state index in [4.69, 9.17) is 18.9 Å². The topological polar surface area (TPSA) is 74.3 Å². The molecule has 26 heavy (non-hydrogen) atoms. The number of nitrogens with zero attached hydrogens (tertiary/aromatic N) is 1. The van der Waals surface area contributed by atoms with Gasteiger partial charge >= 0.3 is 12.1 Å². The van der Waals surface area contributed by atoms with Gasteiger partial charge in [0.2, 0.25) is 0 Å².